The first-order chi connectivity index (χ1) is 7.83. The van der Waals surface area contributed by atoms with Crippen LogP contribution in [0.3, 0.4) is 0 Å². The van der Waals surface area contributed by atoms with Crippen LogP contribution in [0.25, 0.3) is 0 Å². The quantitative estimate of drug-likeness (QED) is 0.626. The second-order valence-electron chi connectivity index (χ2n) is 5.42. The van der Waals surface area contributed by atoms with Gasteiger partial charge in [-0.2, -0.15) is 0 Å². The van der Waals surface area contributed by atoms with Crippen molar-refractivity contribution in [3.8, 4) is 0 Å². The van der Waals surface area contributed by atoms with E-state index in [1.54, 1.807) is 0 Å². The van der Waals surface area contributed by atoms with Gasteiger partial charge in [-0.3, -0.25) is 0 Å². The Morgan fingerprint density at radius 3 is 1.62 bits per heavy atom. The third-order valence-corrected chi connectivity index (χ3v) is 4.14. The highest BCUT2D eigenvalue weighted by Crippen LogP contribution is 2.44. The van der Waals surface area contributed by atoms with Crippen LogP contribution in [-0.4, -0.2) is 23.4 Å². The van der Waals surface area contributed by atoms with E-state index in [1.807, 2.05) is 0 Å². The van der Waals surface area contributed by atoms with E-state index in [2.05, 4.69) is 0 Å². The van der Waals surface area contributed by atoms with Crippen molar-refractivity contribution in [3.05, 3.63) is 0 Å². The monoisotopic (exact) mass is 228 g/mol. The van der Waals surface area contributed by atoms with Crippen molar-refractivity contribution in [2.24, 2.45) is 5.41 Å². The molecule has 0 aliphatic heterocycles. The average Bonchev–Trinajstić information content (AvgIpc) is 2.31. The molecule has 0 aromatic rings. The maximum atomic E-state index is 8.86. The van der Waals surface area contributed by atoms with E-state index < -0.39 is 0 Å². The van der Waals surface area contributed by atoms with Crippen LogP contribution in [0.4, 0.5) is 0 Å². The molecule has 0 atom stereocenters. The molecule has 0 aromatic carbocycles. The Morgan fingerprint density at radius 1 is 0.688 bits per heavy atom. The minimum absolute atomic E-state index is 0.340. The lowest BCUT2D eigenvalue weighted by Gasteiger charge is -2.38. The first kappa shape index (κ1) is 14.0. The van der Waals surface area contributed by atoms with Gasteiger partial charge in [-0.25, -0.2) is 0 Å². The number of hydrogen-bond donors (Lipinski definition) is 2. The number of hydrogen-bond acceptors (Lipinski definition) is 2. The van der Waals surface area contributed by atoms with Gasteiger partial charge in [-0.1, -0.05) is 32.1 Å². The van der Waals surface area contributed by atoms with Gasteiger partial charge in [0.25, 0.3) is 0 Å². The summed E-state index contributed by atoms with van der Waals surface area (Å²) < 4.78 is 0. The molecule has 0 spiro atoms. The molecule has 16 heavy (non-hydrogen) atoms. The number of aliphatic hydroxyl groups excluding tert-OH is 2. The topological polar surface area (TPSA) is 40.5 Å². The molecule has 2 heteroatoms. The fourth-order valence-corrected chi connectivity index (χ4v) is 3.15. The van der Waals surface area contributed by atoms with Crippen LogP contribution in [-0.2, 0) is 0 Å². The summed E-state index contributed by atoms with van der Waals surface area (Å²) in [5.74, 6) is 0. The Bertz CT molecular complexity index is 150. The van der Waals surface area contributed by atoms with E-state index in [0.29, 0.717) is 18.6 Å². The smallest absolute Gasteiger partial charge is 0.0431 e. The second-order valence-corrected chi connectivity index (χ2v) is 5.42. The van der Waals surface area contributed by atoms with Gasteiger partial charge in [-0.15, -0.1) is 0 Å². The Labute approximate surface area is 100 Å². The number of aliphatic hydroxyl groups is 2. The molecule has 0 radical (unpaired) electrons. The SMILES string of the molecule is OCCCCC1(CCCCO)CCCCC1. The molecule has 2 N–H and O–H groups in total. The highest BCUT2D eigenvalue weighted by Gasteiger charge is 2.30. The molecule has 0 aromatic heterocycles. The van der Waals surface area contributed by atoms with Gasteiger partial charge in [0.2, 0.25) is 0 Å². The Hall–Kier alpha value is -0.0800. The summed E-state index contributed by atoms with van der Waals surface area (Å²) in [6, 6.07) is 0. The molecule has 1 aliphatic carbocycles. The van der Waals surface area contributed by atoms with Crippen LogP contribution in [0, 0.1) is 5.41 Å². The minimum atomic E-state index is 0.340. The van der Waals surface area contributed by atoms with Gasteiger partial charge in [-0.05, 0) is 43.9 Å². The van der Waals surface area contributed by atoms with E-state index in [1.165, 1.54) is 57.8 Å². The summed E-state index contributed by atoms with van der Waals surface area (Å²) in [6.07, 6.45) is 13.8. The summed E-state index contributed by atoms with van der Waals surface area (Å²) in [6.45, 7) is 0.680. The van der Waals surface area contributed by atoms with Crippen molar-refractivity contribution in [3.63, 3.8) is 0 Å². The molecule has 2 nitrogen and oxygen atoms in total. The van der Waals surface area contributed by atoms with Crippen LogP contribution in [0.1, 0.15) is 70.6 Å². The van der Waals surface area contributed by atoms with Crippen LogP contribution in [0.5, 0.6) is 0 Å². The molecule has 0 unspecified atom stereocenters. The van der Waals surface area contributed by atoms with Crippen LogP contribution in [0.2, 0.25) is 0 Å². The normalized spacial score (nSPS) is 19.9. The van der Waals surface area contributed by atoms with Crippen LogP contribution in [0.15, 0.2) is 0 Å². The van der Waals surface area contributed by atoms with Crippen LogP contribution < -0.4 is 0 Å². The maximum Gasteiger partial charge on any atom is 0.0431 e. The van der Waals surface area contributed by atoms with Crippen LogP contribution >= 0.6 is 0 Å². The highest BCUT2D eigenvalue weighted by atomic mass is 16.3. The number of rotatable bonds is 8. The zero-order valence-electron chi connectivity index (χ0n) is 10.6. The third kappa shape index (κ3) is 4.84. The van der Waals surface area contributed by atoms with E-state index in [4.69, 9.17) is 10.2 Å². The minimum Gasteiger partial charge on any atom is -0.396 e. The van der Waals surface area contributed by atoms with Crippen molar-refractivity contribution in [1.82, 2.24) is 0 Å². The molecule has 0 saturated heterocycles. The zero-order chi connectivity index (χ0) is 11.7. The molecule has 0 heterocycles. The molecule has 96 valence electrons. The summed E-state index contributed by atoms with van der Waals surface area (Å²) in [4.78, 5) is 0. The Kier molecular flexibility index (Phi) is 7.06. The fraction of sp³-hybridized carbons (Fsp3) is 1.00. The molecule has 1 rings (SSSR count). The van der Waals surface area contributed by atoms with Crippen molar-refractivity contribution in [2.45, 2.75) is 70.6 Å². The first-order valence-corrected chi connectivity index (χ1v) is 7.05. The van der Waals surface area contributed by atoms with E-state index in [0.717, 1.165) is 12.8 Å². The summed E-state index contributed by atoms with van der Waals surface area (Å²) >= 11 is 0. The second kappa shape index (κ2) is 8.08. The Morgan fingerprint density at radius 2 is 1.19 bits per heavy atom. The average molecular weight is 228 g/mol. The predicted octanol–water partition coefficient (Wildman–Crippen LogP) is 3.26. The zero-order valence-corrected chi connectivity index (χ0v) is 10.6. The fourth-order valence-electron chi connectivity index (χ4n) is 3.15. The van der Waals surface area contributed by atoms with Gasteiger partial charge in [0.1, 0.15) is 0 Å². The third-order valence-electron chi connectivity index (χ3n) is 4.14. The molecule has 0 bridgehead atoms. The summed E-state index contributed by atoms with van der Waals surface area (Å²) in [5, 5.41) is 17.7. The van der Waals surface area contributed by atoms with Gasteiger partial charge in [0.15, 0.2) is 0 Å². The summed E-state index contributed by atoms with van der Waals surface area (Å²) in [5.41, 5.74) is 0.558. The molecular formula is C14H28O2. The van der Waals surface area contributed by atoms with Gasteiger partial charge >= 0.3 is 0 Å². The lowest BCUT2D eigenvalue weighted by Crippen LogP contribution is -2.24. The molecule has 0 amide bonds. The predicted molar refractivity (Wildman–Crippen MR) is 67.4 cm³/mol. The van der Waals surface area contributed by atoms with Gasteiger partial charge in [0, 0.05) is 13.2 Å². The van der Waals surface area contributed by atoms with Crippen molar-refractivity contribution in [1.29, 1.82) is 0 Å². The van der Waals surface area contributed by atoms with Gasteiger partial charge in [0.05, 0.1) is 0 Å². The largest absolute Gasteiger partial charge is 0.396 e. The molecule has 1 fully saturated rings. The van der Waals surface area contributed by atoms with Crippen molar-refractivity contribution >= 4 is 0 Å². The standard InChI is InChI=1S/C14H28O2/c15-12-6-4-10-14(11-5-7-13-16)8-2-1-3-9-14/h15-16H,1-13H2. The first-order valence-electron chi connectivity index (χ1n) is 7.05. The van der Waals surface area contributed by atoms with E-state index >= 15 is 0 Å². The van der Waals surface area contributed by atoms with Gasteiger partial charge < -0.3 is 10.2 Å². The van der Waals surface area contributed by atoms with Crippen molar-refractivity contribution in [2.75, 3.05) is 13.2 Å². The van der Waals surface area contributed by atoms with Crippen molar-refractivity contribution < 1.29 is 10.2 Å². The highest BCUT2D eigenvalue weighted by molar-refractivity contribution is 4.82. The lowest BCUT2D eigenvalue weighted by atomic mass is 9.68. The maximum absolute atomic E-state index is 8.86. The van der Waals surface area contributed by atoms with E-state index in [-0.39, 0.29) is 0 Å². The number of unbranched alkanes of at least 4 members (excludes halogenated alkanes) is 2. The molecular weight excluding hydrogens is 200 g/mol. The Balaban J connectivity index is 2.33. The van der Waals surface area contributed by atoms with E-state index in [9.17, 15) is 0 Å². The lowest BCUT2D eigenvalue weighted by molar-refractivity contribution is 0.139. The molecule has 1 saturated carbocycles. The summed E-state index contributed by atoms with van der Waals surface area (Å²) in [7, 11) is 0. The molecule has 1 aliphatic rings.